The first kappa shape index (κ1) is 17.6. The third-order valence-electron chi connectivity index (χ3n) is 4.30. The number of β-lactam (4-membered cyclic amide) rings is 1. The summed E-state index contributed by atoms with van der Waals surface area (Å²) in [5.74, 6) is -0.500. The highest BCUT2D eigenvalue weighted by molar-refractivity contribution is 8.01. The lowest BCUT2D eigenvalue weighted by atomic mass is 9.96. The molecule has 2 fully saturated rings. The van der Waals surface area contributed by atoms with Crippen LogP contribution in [0, 0.1) is 0 Å². The molecule has 0 aromatic heterocycles. The quantitative estimate of drug-likeness (QED) is 0.614. The Balaban J connectivity index is 1.59. The molecule has 0 saturated carbocycles. The molecule has 0 spiro atoms. The van der Waals surface area contributed by atoms with Gasteiger partial charge in [0.25, 0.3) is 5.91 Å². The largest absolute Gasteiger partial charge is 0.484 e. The fourth-order valence-electron chi connectivity index (χ4n) is 3.12. The van der Waals surface area contributed by atoms with E-state index in [9.17, 15) is 14.4 Å². The van der Waals surface area contributed by atoms with E-state index in [2.05, 4.69) is 5.32 Å². The molecule has 1 N–H and O–H groups in total. The number of nitrogens with one attached hydrogen (secondary N) is 1. The number of benzene rings is 1. The van der Waals surface area contributed by atoms with Crippen molar-refractivity contribution in [3.05, 3.63) is 30.3 Å². The highest BCUT2D eigenvalue weighted by atomic mass is 32.2. The maximum Gasteiger partial charge on any atom is 0.330 e. The summed E-state index contributed by atoms with van der Waals surface area (Å²) in [6, 6.07) is 7.68. The molecular formula is C17H20N2O5S. The molecule has 3 rings (SSSR count). The maximum absolute atomic E-state index is 12.4. The number of amides is 2. The molecule has 1 aromatic carbocycles. The lowest BCUT2D eigenvalue weighted by Crippen LogP contribution is -2.71. The molecule has 2 aliphatic rings. The van der Waals surface area contributed by atoms with Gasteiger partial charge in [0.05, 0.1) is 7.11 Å². The first-order chi connectivity index (χ1) is 11.8. The van der Waals surface area contributed by atoms with Crippen LogP contribution in [0.15, 0.2) is 30.3 Å². The Morgan fingerprint density at radius 1 is 1.28 bits per heavy atom. The number of methoxy groups -OCH3 is 1. The smallest absolute Gasteiger partial charge is 0.330 e. The van der Waals surface area contributed by atoms with Crippen LogP contribution in [0.4, 0.5) is 0 Å². The number of para-hydroxylation sites is 1. The van der Waals surface area contributed by atoms with Crippen LogP contribution < -0.4 is 10.1 Å². The summed E-state index contributed by atoms with van der Waals surface area (Å²) in [7, 11) is 1.31. The summed E-state index contributed by atoms with van der Waals surface area (Å²) in [6.07, 6.45) is 0. The minimum Gasteiger partial charge on any atom is -0.484 e. The van der Waals surface area contributed by atoms with Crippen molar-refractivity contribution in [2.24, 2.45) is 0 Å². The lowest BCUT2D eigenvalue weighted by molar-refractivity contribution is -0.162. The van der Waals surface area contributed by atoms with Crippen molar-refractivity contribution in [2.45, 2.75) is 36.1 Å². The molecule has 1 aromatic rings. The molecule has 2 unspecified atom stereocenters. The molecule has 0 radical (unpaired) electrons. The van der Waals surface area contributed by atoms with Crippen LogP contribution in [0.1, 0.15) is 13.8 Å². The molecule has 2 amide bonds. The predicted molar refractivity (Wildman–Crippen MR) is 92.0 cm³/mol. The Morgan fingerprint density at radius 2 is 1.96 bits per heavy atom. The van der Waals surface area contributed by atoms with Crippen LogP contribution >= 0.6 is 11.8 Å². The first-order valence-corrected chi connectivity index (χ1v) is 8.78. The molecule has 2 saturated heterocycles. The van der Waals surface area contributed by atoms with Crippen LogP contribution in [0.5, 0.6) is 5.75 Å². The maximum atomic E-state index is 12.4. The molecule has 7 nitrogen and oxygen atoms in total. The molecule has 0 bridgehead atoms. The normalized spacial score (nSPS) is 26.4. The zero-order valence-corrected chi connectivity index (χ0v) is 15.0. The average molecular weight is 364 g/mol. The van der Waals surface area contributed by atoms with Gasteiger partial charge in [-0.25, -0.2) is 4.79 Å². The van der Waals surface area contributed by atoms with Crippen LogP contribution in [-0.2, 0) is 19.1 Å². The fraction of sp³-hybridized carbons (Fsp3) is 0.471. The highest BCUT2D eigenvalue weighted by Crippen LogP contribution is 2.50. The third kappa shape index (κ3) is 3.18. The summed E-state index contributed by atoms with van der Waals surface area (Å²) >= 11 is 1.49. The number of fused-ring (bicyclic) bond motifs is 1. The van der Waals surface area contributed by atoms with Crippen LogP contribution in [-0.4, -0.2) is 58.6 Å². The van der Waals surface area contributed by atoms with E-state index >= 15 is 0 Å². The van der Waals surface area contributed by atoms with E-state index in [0.29, 0.717) is 5.75 Å². The Hall–Kier alpha value is -2.22. The Kier molecular flexibility index (Phi) is 4.64. The minimum absolute atomic E-state index is 0.172. The second-order valence-corrected chi connectivity index (χ2v) is 8.20. The first-order valence-electron chi connectivity index (χ1n) is 7.90. The molecule has 8 heteroatoms. The minimum atomic E-state index is -0.647. The van der Waals surface area contributed by atoms with Crippen LogP contribution in [0.3, 0.4) is 0 Å². The molecular weight excluding hydrogens is 344 g/mol. The number of hydrogen-bond acceptors (Lipinski definition) is 6. The van der Waals surface area contributed by atoms with Crippen molar-refractivity contribution >= 4 is 29.5 Å². The van der Waals surface area contributed by atoms with Gasteiger partial charge in [-0.2, -0.15) is 0 Å². The summed E-state index contributed by atoms with van der Waals surface area (Å²) in [4.78, 5) is 38.0. The van der Waals surface area contributed by atoms with Gasteiger partial charge in [-0.05, 0) is 26.0 Å². The van der Waals surface area contributed by atoms with Gasteiger partial charge in [0.1, 0.15) is 23.2 Å². The molecule has 25 heavy (non-hydrogen) atoms. The van der Waals surface area contributed by atoms with E-state index < -0.39 is 22.8 Å². The number of esters is 1. The summed E-state index contributed by atoms with van der Waals surface area (Å²) in [6.45, 7) is 3.61. The number of ether oxygens (including phenoxy) is 2. The lowest BCUT2D eigenvalue weighted by Gasteiger charge is -2.43. The molecule has 2 heterocycles. The zero-order chi connectivity index (χ0) is 18.2. The van der Waals surface area contributed by atoms with E-state index in [4.69, 9.17) is 9.47 Å². The fourth-order valence-corrected chi connectivity index (χ4v) is 4.74. The molecule has 3 atom stereocenters. The monoisotopic (exact) mass is 364 g/mol. The average Bonchev–Trinajstić information content (AvgIpc) is 2.86. The van der Waals surface area contributed by atoms with Gasteiger partial charge < -0.3 is 19.7 Å². The number of hydrogen-bond donors (Lipinski definition) is 1. The Labute approximate surface area is 150 Å². The number of nitrogens with zero attached hydrogens (tertiary/aromatic N) is 1. The summed E-state index contributed by atoms with van der Waals surface area (Å²) in [5, 5.41) is 2.42. The van der Waals surface area contributed by atoms with E-state index in [1.807, 2.05) is 32.0 Å². The van der Waals surface area contributed by atoms with Gasteiger partial charge >= 0.3 is 5.97 Å². The van der Waals surface area contributed by atoms with Crippen molar-refractivity contribution in [2.75, 3.05) is 13.7 Å². The van der Waals surface area contributed by atoms with Gasteiger partial charge in [-0.3, -0.25) is 9.59 Å². The van der Waals surface area contributed by atoms with Crippen LogP contribution in [0.25, 0.3) is 0 Å². The van der Waals surface area contributed by atoms with Gasteiger partial charge in [0.2, 0.25) is 5.91 Å². The summed E-state index contributed by atoms with van der Waals surface area (Å²) in [5.41, 5.74) is 0. The topological polar surface area (TPSA) is 84.9 Å². The standard InChI is InChI=1S/C17H20N2O5S/c1-17(2)13(16(22)23-3)19-14(21)12(15(19)25-17)18-11(20)9-24-10-7-5-4-6-8-10/h4-8,12-13,15H,9H2,1-3H3,(H,18,20)/t12?,13?,15-/m0/s1. The second-order valence-electron chi connectivity index (χ2n) is 6.43. The molecule has 134 valence electrons. The third-order valence-corrected chi connectivity index (χ3v) is 5.87. The van der Waals surface area contributed by atoms with Crippen LogP contribution in [0.2, 0.25) is 0 Å². The number of carbonyl (C=O) groups excluding carboxylic acids is 3. The van der Waals surface area contributed by atoms with E-state index in [1.54, 1.807) is 12.1 Å². The van der Waals surface area contributed by atoms with Crippen molar-refractivity contribution in [1.29, 1.82) is 0 Å². The van der Waals surface area contributed by atoms with E-state index in [-0.39, 0.29) is 23.8 Å². The Bertz CT molecular complexity index is 694. The zero-order valence-electron chi connectivity index (χ0n) is 14.2. The van der Waals surface area contributed by atoms with Gasteiger partial charge in [0, 0.05) is 4.75 Å². The number of rotatable bonds is 5. The van der Waals surface area contributed by atoms with Gasteiger partial charge in [-0.1, -0.05) is 18.2 Å². The van der Waals surface area contributed by atoms with E-state index in [0.717, 1.165) is 0 Å². The van der Waals surface area contributed by atoms with Crippen molar-refractivity contribution in [3.8, 4) is 5.75 Å². The van der Waals surface area contributed by atoms with Crippen molar-refractivity contribution in [3.63, 3.8) is 0 Å². The summed E-state index contributed by atoms with van der Waals surface area (Å²) < 4.78 is 9.73. The van der Waals surface area contributed by atoms with Crippen molar-refractivity contribution in [1.82, 2.24) is 10.2 Å². The van der Waals surface area contributed by atoms with E-state index in [1.165, 1.54) is 23.8 Å². The number of thioether (sulfide) groups is 1. The number of carbonyl (C=O) groups is 3. The second kappa shape index (κ2) is 6.59. The predicted octanol–water partition coefficient (Wildman–Crippen LogP) is 0.786. The molecule has 0 aliphatic carbocycles. The van der Waals surface area contributed by atoms with Gasteiger partial charge in [0.15, 0.2) is 6.61 Å². The van der Waals surface area contributed by atoms with Crippen molar-refractivity contribution < 1.29 is 23.9 Å². The SMILES string of the molecule is COC(=O)C1N2C(=O)C(NC(=O)COc3ccccc3)[C@@H]2SC1(C)C. The Morgan fingerprint density at radius 3 is 2.60 bits per heavy atom. The highest BCUT2D eigenvalue weighted by Gasteiger charge is 2.64. The van der Waals surface area contributed by atoms with Gasteiger partial charge in [-0.15, -0.1) is 11.8 Å². The molecule has 2 aliphatic heterocycles.